The molecule has 0 bridgehead atoms. The molecule has 4 nitrogen and oxygen atoms in total. The average molecular weight is 244 g/mol. The second kappa shape index (κ2) is 8.34. The average Bonchev–Trinajstić information content (AvgIpc) is 2.21. The number of carbonyl (C=O) groups excluding carboxylic acids is 1. The standard InChI is InChI=1S/C13H28N2O2/c1-6-11(7-2)10-14-8-9-15-12(16)17-13(3,4)5/h11,14H,6-10H2,1-5H3,(H,15,16). The molecular formula is C13H28N2O2. The highest BCUT2D eigenvalue weighted by atomic mass is 16.6. The van der Waals surface area contributed by atoms with E-state index in [1.54, 1.807) is 0 Å². The summed E-state index contributed by atoms with van der Waals surface area (Å²) in [5, 5.41) is 6.06. The predicted molar refractivity (Wildman–Crippen MR) is 71.2 cm³/mol. The number of ether oxygens (including phenoxy) is 1. The Kier molecular flexibility index (Phi) is 7.96. The Balaban J connectivity index is 3.49. The third-order valence-corrected chi connectivity index (χ3v) is 2.56. The smallest absolute Gasteiger partial charge is 0.407 e. The van der Waals surface area contributed by atoms with Crippen molar-refractivity contribution in [3.63, 3.8) is 0 Å². The molecule has 0 aromatic carbocycles. The van der Waals surface area contributed by atoms with Gasteiger partial charge in [0.25, 0.3) is 0 Å². The molecule has 0 saturated heterocycles. The van der Waals surface area contributed by atoms with Crippen LogP contribution < -0.4 is 10.6 Å². The number of amides is 1. The number of alkyl carbamates (subject to hydrolysis) is 1. The molecule has 0 fully saturated rings. The van der Waals surface area contributed by atoms with Crippen molar-refractivity contribution >= 4 is 6.09 Å². The van der Waals surface area contributed by atoms with Crippen molar-refractivity contribution in [2.24, 2.45) is 5.92 Å². The lowest BCUT2D eigenvalue weighted by Crippen LogP contribution is -2.37. The van der Waals surface area contributed by atoms with Crippen LogP contribution in [0.3, 0.4) is 0 Å². The Hall–Kier alpha value is -0.770. The molecule has 0 aliphatic carbocycles. The summed E-state index contributed by atoms with van der Waals surface area (Å²) in [5.41, 5.74) is -0.424. The molecule has 4 heteroatoms. The number of hydrogen-bond donors (Lipinski definition) is 2. The summed E-state index contributed by atoms with van der Waals surface area (Å²) in [6.07, 6.45) is 2.05. The van der Waals surface area contributed by atoms with E-state index in [4.69, 9.17) is 4.74 Å². The van der Waals surface area contributed by atoms with Gasteiger partial charge in [0.2, 0.25) is 0 Å². The number of rotatable bonds is 7. The van der Waals surface area contributed by atoms with Gasteiger partial charge in [0.1, 0.15) is 5.60 Å². The van der Waals surface area contributed by atoms with Crippen LogP contribution in [0.4, 0.5) is 4.79 Å². The van der Waals surface area contributed by atoms with Gasteiger partial charge in [-0.3, -0.25) is 0 Å². The van der Waals surface area contributed by atoms with Crippen LogP contribution in [0.25, 0.3) is 0 Å². The molecule has 0 aliphatic rings. The third-order valence-electron chi connectivity index (χ3n) is 2.56. The lowest BCUT2D eigenvalue weighted by atomic mass is 10.0. The van der Waals surface area contributed by atoms with Crippen molar-refractivity contribution in [2.45, 2.75) is 53.1 Å². The van der Waals surface area contributed by atoms with Gasteiger partial charge in [-0.1, -0.05) is 26.7 Å². The summed E-state index contributed by atoms with van der Waals surface area (Å²) >= 11 is 0. The van der Waals surface area contributed by atoms with Crippen molar-refractivity contribution in [1.29, 1.82) is 0 Å². The Morgan fingerprint density at radius 2 is 1.76 bits per heavy atom. The normalized spacial score (nSPS) is 11.6. The molecule has 0 rings (SSSR count). The van der Waals surface area contributed by atoms with E-state index < -0.39 is 5.60 Å². The number of nitrogens with one attached hydrogen (secondary N) is 2. The van der Waals surface area contributed by atoms with Gasteiger partial charge in [-0.2, -0.15) is 0 Å². The summed E-state index contributed by atoms with van der Waals surface area (Å²) in [4.78, 5) is 11.3. The van der Waals surface area contributed by atoms with Crippen molar-refractivity contribution in [2.75, 3.05) is 19.6 Å². The van der Waals surface area contributed by atoms with Crippen LogP contribution in [0.1, 0.15) is 47.5 Å². The van der Waals surface area contributed by atoms with Crippen LogP contribution in [-0.4, -0.2) is 31.3 Å². The quantitative estimate of drug-likeness (QED) is 0.677. The Morgan fingerprint density at radius 1 is 1.18 bits per heavy atom. The van der Waals surface area contributed by atoms with E-state index in [0.717, 1.165) is 19.0 Å². The highest BCUT2D eigenvalue weighted by molar-refractivity contribution is 5.67. The van der Waals surface area contributed by atoms with E-state index in [0.29, 0.717) is 6.54 Å². The fourth-order valence-electron chi connectivity index (χ4n) is 1.45. The van der Waals surface area contributed by atoms with Gasteiger partial charge in [0.15, 0.2) is 0 Å². The molecule has 0 atom stereocenters. The lowest BCUT2D eigenvalue weighted by Gasteiger charge is -2.20. The molecule has 0 spiro atoms. The topological polar surface area (TPSA) is 50.4 Å². The fraction of sp³-hybridized carbons (Fsp3) is 0.923. The monoisotopic (exact) mass is 244 g/mol. The van der Waals surface area contributed by atoms with E-state index in [-0.39, 0.29) is 6.09 Å². The molecule has 0 radical (unpaired) electrons. The van der Waals surface area contributed by atoms with E-state index in [2.05, 4.69) is 24.5 Å². The summed E-state index contributed by atoms with van der Waals surface area (Å²) in [6.45, 7) is 12.4. The van der Waals surface area contributed by atoms with Crippen molar-refractivity contribution < 1.29 is 9.53 Å². The minimum Gasteiger partial charge on any atom is -0.444 e. The van der Waals surface area contributed by atoms with E-state index >= 15 is 0 Å². The van der Waals surface area contributed by atoms with Gasteiger partial charge in [-0.05, 0) is 33.2 Å². The number of hydrogen-bond acceptors (Lipinski definition) is 3. The SMILES string of the molecule is CCC(CC)CNCCNC(=O)OC(C)(C)C. The predicted octanol–water partition coefficient (Wildman–Crippen LogP) is 2.54. The van der Waals surface area contributed by atoms with Crippen molar-refractivity contribution in [3.05, 3.63) is 0 Å². The van der Waals surface area contributed by atoms with E-state index in [1.165, 1.54) is 12.8 Å². The maximum atomic E-state index is 11.3. The highest BCUT2D eigenvalue weighted by Gasteiger charge is 2.15. The molecule has 17 heavy (non-hydrogen) atoms. The van der Waals surface area contributed by atoms with E-state index in [1.807, 2.05) is 20.8 Å². The molecule has 0 unspecified atom stereocenters. The third kappa shape index (κ3) is 10.1. The van der Waals surface area contributed by atoms with Crippen LogP contribution >= 0.6 is 0 Å². The van der Waals surface area contributed by atoms with Gasteiger partial charge in [-0.25, -0.2) is 4.79 Å². The first-order chi connectivity index (χ1) is 7.89. The molecule has 2 N–H and O–H groups in total. The molecule has 0 heterocycles. The van der Waals surface area contributed by atoms with Gasteiger partial charge < -0.3 is 15.4 Å². The first kappa shape index (κ1) is 16.2. The zero-order valence-electron chi connectivity index (χ0n) is 11.9. The summed E-state index contributed by atoms with van der Waals surface area (Å²) in [7, 11) is 0. The van der Waals surface area contributed by atoms with Crippen LogP contribution in [0, 0.1) is 5.92 Å². The Morgan fingerprint density at radius 3 is 2.24 bits per heavy atom. The van der Waals surface area contributed by atoms with Gasteiger partial charge in [0.05, 0.1) is 0 Å². The first-order valence-electron chi connectivity index (χ1n) is 6.56. The Labute approximate surface area is 105 Å². The van der Waals surface area contributed by atoms with Crippen LogP contribution in [0.5, 0.6) is 0 Å². The lowest BCUT2D eigenvalue weighted by molar-refractivity contribution is 0.0528. The maximum absolute atomic E-state index is 11.3. The fourth-order valence-corrected chi connectivity index (χ4v) is 1.45. The largest absolute Gasteiger partial charge is 0.444 e. The first-order valence-corrected chi connectivity index (χ1v) is 6.56. The van der Waals surface area contributed by atoms with E-state index in [9.17, 15) is 4.79 Å². The van der Waals surface area contributed by atoms with Crippen LogP contribution in [0.15, 0.2) is 0 Å². The van der Waals surface area contributed by atoms with Gasteiger partial charge in [-0.15, -0.1) is 0 Å². The molecule has 0 aliphatic heterocycles. The molecule has 0 aromatic rings. The minimum absolute atomic E-state index is 0.346. The van der Waals surface area contributed by atoms with Crippen LogP contribution in [0.2, 0.25) is 0 Å². The van der Waals surface area contributed by atoms with Crippen LogP contribution in [-0.2, 0) is 4.74 Å². The van der Waals surface area contributed by atoms with Gasteiger partial charge >= 0.3 is 6.09 Å². The molecule has 1 amide bonds. The number of carbonyl (C=O) groups is 1. The van der Waals surface area contributed by atoms with Gasteiger partial charge in [0, 0.05) is 13.1 Å². The summed E-state index contributed by atoms with van der Waals surface area (Å²) in [5.74, 6) is 0.733. The molecular weight excluding hydrogens is 216 g/mol. The molecule has 102 valence electrons. The van der Waals surface area contributed by atoms with Crippen molar-refractivity contribution in [3.8, 4) is 0 Å². The maximum Gasteiger partial charge on any atom is 0.407 e. The zero-order valence-corrected chi connectivity index (χ0v) is 11.9. The minimum atomic E-state index is -0.424. The summed E-state index contributed by atoms with van der Waals surface area (Å²) in [6, 6.07) is 0. The Bertz CT molecular complexity index is 208. The highest BCUT2D eigenvalue weighted by Crippen LogP contribution is 2.06. The second-order valence-electron chi connectivity index (χ2n) is 5.32. The van der Waals surface area contributed by atoms with Crippen molar-refractivity contribution in [1.82, 2.24) is 10.6 Å². The second-order valence-corrected chi connectivity index (χ2v) is 5.32. The molecule has 0 aromatic heterocycles. The zero-order chi connectivity index (χ0) is 13.3. The summed E-state index contributed by atoms with van der Waals surface area (Å²) < 4.78 is 5.13. The molecule has 0 saturated carbocycles.